The summed E-state index contributed by atoms with van der Waals surface area (Å²) in [6.07, 6.45) is 4.17. The summed E-state index contributed by atoms with van der Waals surface area (Å²) in [5, 5.41) is 0. The molecule has 0 spiro atoms. The number of aliphatic imine (C=N–C) groups is 2. The van der Waals surface area contributed by atoms with Gasteiger partial charge in [-0.25, -0.2) is 9.59 Å². The van der Waals surface area contributed by atoms with Crippen LogP contribution in [0.25, 0.3) is 0 Å². The minimum atomic E-state index is -1.15. The van der Waals surface area contributed by atoms with E-state index in [9.17, 15) is 9.59 Å². The quantitative estimate of drug-likeness (QED) is 0.560. The van der Waals surface area contributed by atoms with E-state index in [-0.39, 0.29) is 0 Å². The monoisotopic (exact) mass is 216 g/mol. The molecule has 0 bridgehead atoms. The Hall–Kier alpha value is -2.02. The predicted octanol–water partition coefficient (Wildman–Crippen LogP) is 2.31. The van der Waals surface area contributed by atoms with Crippen molar-refractivity contribution in [3.05, 3.63) is 35.9 Å². The fourth-order valence-electron chi connectivity index (χ4n) is 1.61. The molecule has 0 aliphatic heterocycles. The van der Waals surface area contributed by atoms with Crippen LogP contribution in [0.3, 0.4) is 0 Å². The SMILES string of the molecule is CCCC(N=C=O)(N=C=O)c1ccccc1. The Kier molecular flexibility index (Phi) is 4.34. The Balaban J connectivity index is 3.31. The summed E-state index contributed by atoms with van der Waals surface area (Å²) in [5.74, 6) is 0. The van der Waals surface area contributed by atoms with Gasteiger partial charge in [-0.1, -0.05) is 43.7 Å². The fraction of sp³-hybridized carbons (Fsp3) is 0.333. The van der Waals surface area contributed by atoms with Crippen LogP contribution in [-0.2, 0) is 15.3 Å². The van der Waals surface area contributed by atoms with Crippen molar-refractivity contribution in [3.63, 3.8) is 0 Å². The van der Waals surface area contributed by atoms with Gasteiger partial charge in [-0.2, -0.15) is 9.98 Å². The second-order valence-electron chi connectivity index (χ2n) is 3.34. The lowest BCUT2D eigenvalue weighted by Crippen LogP contribution is -2.20. The molecule has 0 aliphatic carbocycles. The van der Waals surface area contributed by atoms with Crippen LogP contribution in [-0.4, -0.2) is 12.2 Å². The number of nitrogens with zero attached hydrogens (tertiary/aromatic N) is 2. The Morgan fingerprint density at radius 1 is 1.12 bits per heavy atom. The summed E-state index contributed by atoms with van der Waals surface area (Å²) in [6, 6.07) is 9.00. The van der Waals surface area contributed by atoms with Gasteiger partial charge < -0.3 is 0 Å². The van der Waals surface area contributed by atoms with E-state index in [1.165, 1.54) is 12.2 Å². The number of rotatable bonds is 5. The minimum absolute atomic E-state index is 0.474. The summed E-state index contributed by atoms with van der Waals surface area (Å²) in [6.45, 7) is 1.93. The highest BCUT2D eigenvalue weighted by molar-refractivity contribution is 5.42. The summed E-state index contributed by atoms with van der Waals surface area (Å²) in [5.41, 5.74) is -0.456. The van der Waals surface area contributed by atoms with E-state index in [1.54, 1.807) is 24.3 Å². The van der Waals surface area contributed by atoms with Crippen molar-refractivity contribution < 1.29 is 9.59 Å². The minimum Gasteiger partial charge on any atom is -0.211 e. The first kappa shape index (κ1) is 12.1. The van der Waals surface area contributed by atoms with Gasteiger partial charge in [0.05, 0.1) is 0 Å². The van der Waals surface area contributed by atoms with E-state index in [0.29, 0.717) is 12.0 Å². The highest BCUT2D eigenvalue weighted by Crippen LogP contribution is 2.31. The second-order valence-corrected chi connectivity index (χ2v) is 3.34. The van der Waals surface area contributed by atoms with E-state index < -0.39 is 5.66 Å². The summed E-state index contributed by atoms with van der Waals surface area (Å²) in [7, 11) is 0. The molecule has 0 saturated carbocycles. The van der Waals surface area contributed by atoms with Gasteiger partial charge in [0.25, 0.3) is 0 Å². The maximum absolute atomic E-state index is 10.5. The summed E-state index contributed by atoms with van der Waals surface area (Å²) >= 11 is 0. The smallest absolute Gasteiger partial charge is 0.211 e. The molecule has 4 heteroatoms. The largest absolute Gasteiger partial charge is 0.237 e. The average Bonchev–Trinajstić information content (AvgIpc) is 2.31. The Morgan fingerprint density at radius 2 is 1.69 bits per heavy atom. The molecular weight excluding hydrogens is 204 g/mol. The van der Waals surface area contributed by atoms with Gasteiger partial charge in [-0.05, 0) is 6.42 Å². The molecule has 0 aromatic heterocycles. The predicted molar refractivity (Wildman–Crippen MR) is 59.3 cm³/mol. The number of hydrogen-bond acceptors (Lipinski definition) is 4. The first-order chi connectivity index (χ1) is 7.79. The molecule has 0 saturated heterocycles. The van der Waals surface area contributed by atoms with Crippen LogP contribution in [0.4, 0.5) is 0 Å². The van der Waals surface area contributed by atoms with Gasteiger partial charge in [-0.3, -0.25) is 0 Å². The van der Waals surface area contributed by atoms with Crippen molar-refractivity contribution in [2.75, 3.05) is 0 Å². The fourth-order valence-corrected chi connectivity index (χ4v) is 1.61. The number of benzene rings is 1. The van der Waals surface area contributed by atoms with E-state index in [1.807, 2.05) is 13.0 Å². The molecule has 0 fully saturated rings. The third-order valence-electron chi connectivity index (χ3n) is 2.30. The lowest BCUT2D eigenvalue weighted by atomic mass is 9.96. The third kappa shape index (κ3) is 2.51. The molecular formula is C12H12N2O2. The Labute approximate surface area is 93.7 Å². The van der Waals surface area contributed by atoms with Gasteiger partial charge in [0.15, 0.2) is 5.66 Å². The Bertz CT molecular complexity index is 412. The van der Waals surface area contributed by atoms with Gasteiger partial charge >= 0.3 is 0 Å². The molecule has 82 valence electrons. The first-order valence-electron chi connectivity index (χ1n) is 5.02. The van der Waals surface area contributed by atoms with Crippen LogP contribution in [0.2, 0.25) is 0 Å². The topological polar surface area (TPSA) is 58.9 Å². The molecule has 0 aliphatic rings. The van der Waals surface area contributed by atoms with Crippen LogP contribution in [0.15, 0.2) is 40.3 Å². The van der Waals surface area contributed by atoms with E-state index >= 15 is 0 Å². The standard InChI is InChI=1S/C12H12N2O2/c1-2-8-12(13-9-15,14-10-16)11-6-4-3-5-7-11/h3-7H,2,8H2,1H3. The first-order valence-corrected chi connectivity index (χ1v) is 5.02. The van der Waals surface area contributed by atoms with Crippen molar-refractivity contribution >= 4 is 12.2 Å². The number of carbonyl (C=O) groups excluding carboxylic acids is 2. The zero-order valence-electron chi connectivity index (χ0n) is 9.01. The van der Waals surface area contributed by atoms with Gasteiger partial charge in [0, 0.05) is 5.56 Å². The van der Waals surface area contributed by atoms with Gasteiger partial charge in [0.2, 0.25) is 12.2 Å². The van der Waals surface area contributed by atoms with Crippen LogP contribution >= 0.6 is 0 Å². The van der Waals surface area contributed by atoms with Crippen molar-refractivity contribution in [3.8, 4) is 0 Å². The lowest BCUT2D eigenvalue weighted by molar-refractivity contribution is 0.417. The average molecular weight is 216 g/mol. The van der Waals surface area contributed by atoms with Crippen LogP contribution in [0, 0.1) is 0 Å². The summed E-state index contributed by atoms with van der Waals surface area (Å²) < 4.78 is 0. The van der Waals surface area contributed by atoms with Gasteiger partial charge in [-0.15, -0.1) is 0 Å². The van der Waals surface area contributed by atoms with Crippen molar-refractivity contribution in [2.24, 2.45) is 9.98 Å². The van der Waals surface area contributed by atoms with Crippen LogP contribution < -0.4 is 0 Å². The molecule has 1 aromatic rings. The zero-order valence-corrected chi connectivity index (χ0v) is 9.01. The third-order valence-corrected chi connectivity index (χ3v) is 2.30. The van der Waals surface area contributed by atoms with Crippen LogP contribution in [0.5, 0.6) is 0 Å². The molecule has 16 heavy (non-hydrogen) atoms. The second kappa shape index (κ2) is 5.76. The molecule has 0 amide bonds. The highest BCUT2D eigenvalue weighted by atomic mass is 16.1. The highest BCUT2D eigenvalue weighted by Gasteiger charge is 2.30. The molecule has 1 rings (SSSR count). The normalized spacial score (nSPS) is 13.1. The maximum atomic E-state index is 10.5. The van der Waals surface area contributed by atoms with E-state index in [0.717, 1.165) is 6.42 Å². The molecule has 0 atom stereocenters. The Morgan fingerprint density at radius 3 is 2.12 bits per heavy atom. The number of isocyanates is 2. The molecule has 0 radical (unpaired) electrons. The lowest BCUT2D eigenvalue weighted by Gasteiger charge is -2.21. The van der Waals surface area contributed by atoms with Crippen molar-refractivity contribution in [1.29, 1.82) is 0 Å². The van der Waals surface area contributed by atoms with Crippen molar-refractivity contribution in [1.82, 2.24) is 0 Å². The number of hydrogen-bond donors (Lipinski definition) is 0. The molecule has 0 heterocycles. The molecule has 4 nitrogen and oxygen atoms in total. The van der Waals surface area contributed by atoms with Crippen LogP contribution in [0.1, 0.15) is 25.3 Å². The molecule has 0 N–H and O–H groups in total. The van der Waals surface area contributed by atoms with Crippen molar-refractivity contribution in [2.45, 2.75) is 25.4 Å². The van der Waals surface area contributed by atoms with Gasteiger partial charge in [0.1, 0.15) is 0 Å². The maximum Gasteiger partial charge on any atom is 0.237 e. The molecule has 0 unspecified atom stereocenters. The zero-order chi connectivity index (χ0) is 11.9. The molecule has 1 aromatic carbocycles. The van der Waals surface area contributed by atoms with E-state index in [2.05, 4.69) is 9.98 Å². The van der Waals surface area contributed by atoms with E-state index in [4.69, 9.17) is 0 Å². The summed E-state index contributed by atoms with van der Waals surface area (Å²) in [4.78, 5) is 28.3.